The van der Waals surface area contributed by atoms with Crippen molar-refractivity contribution in [2.24, 2.45) is 0 Å². The van der Waals surface area contributed by atoms with Gasteiger partial charge in [-0.25, -0.2) is 9.97 Å². The monoisotopic (exact) mass is 304 g/mol. The van der Waals surface area contributed by atoms with Gasteiger partial charge in [0.05, 0.1) is 23.6 Å². The van der Waals surface area contributed by atoms with Crippen LogP contribution < -0.4 is 14.8 Å². The molecule has 0 aliphatic carbocycles. The van der Waals surface area contributed by atoms with Gasteiger partial charge >= 0.3 is 0 Å². The first-order valence-corrected chi connectivity index (χ1v) is 7.26. The largest absolute Gasteiger partial charge is 0.454 e. The molecule has 0 spiro atoms. The van der Waals surface area contributed by atoms with Gasteiger partial charge in [0.25, 0.3) is 0 Å². The third-order valence-corrected chi connectivity index (χ3v) is 3.89. The summed E-state index contributed by atoms with van der Waals surface area (Å²) in [6, 6.07) is 13.7. The molecular weight excluding hydrogens is 292 g/mol. The van der Waals surface area contributed by atoms with E-state index >= 15 is 0 Å². The Labute approximate surface area is 131 Å². The van der Waals surface area contributed by atoms with Gasteiger partial charge in [-0.3, -0.25) is 4.40 Å². The van der Waals surface area contributed by atoms with Gasteiger partial charge in [0.2, 0.25) is 6.79 Å². The lowest BCUT2D eigenvalue weighted by Gasteiger charge is -2.10. The Balaban J connectivity index is 1.65. The molecule has 0 fully saturated rings. The number of fused-ring (bicyclic) bond motifs is 4. The lowest BCUT2D eigenvalue weighted by atomic mass is 10.2. The molecule has 112 valence electrons. The molecule has 1 aliphatic rings. The summed E-state index contributed by atoms with van der Waals surface area (Å²) in [5, 5.41) is 3.35. The van der Waals surface area contributed by atoms with Crippen LogP contribution in [0.15, 0.2) is 55.0 Å². The lowest BCUT2D eigenvalue weighted by molar-refractivity contribution is 0.174. The number of imidazole rings is 1. The second-order valence-corrected chi connectivity index (χ2v) is 5.29. The molecule has 4 aromatic rings. The van der Waals surface area contributed by atoms with Crippen LogP contribution in [0, 0.1) is 0 Å². The van der Waals surface area contributed by atoms with Crippen molar-refractivity contribution in [3.05, 3.63) is 55.0 Å². The fourth-order valence-corrected chi connectivity index (χ4v) is 2.81. The van der Waals surface area contributed by atoms with Crippen LogP contribution >= 0.6 is 0 Å². The zero-order valence-corrected chi connectivity index (χ0v) is 12.1. The summed E-state index contributed by atoms with van der Waals surface area (Å²) in [6.07, 6.45) is 3.60. The highest BCUT2D eigenvalue weighted by Gasteiger charge is 2.14. The Hall–Kier alpha value is -3.28. The minimum Gasteiger partial charge on any atom is -0.454 e. The zero-order valence-electron chi connectivity index (χ0n) is 12.1. The van der Waals surface area contributed by atoms with Crippen molar-refractivity contribution in [1.82, 2.24) is 14.4 Å². The molecule has 1 N–H and O–H groups in total. The zero-order chi connectivity index (χ0) is 15.2. The number of aromatic nitrogens is 3. The van der Waals surface area contributed by atoms with Crippen molar-refractivity contribution in [3.8, 4) is 11.5 Å². The Morgan fingerprint density at radius 3 is 2.91 bits per heavy atom. The van der Waals surface area contributed by atoms with Crippen LogP contribution in [0.1, 0.15) is 0 Å². The van der Waals surface area contributed by atoms with Gasteiger partial charge in [-0.1, -0.05) is 12.1 Å². The number of benzene rings is 2. The number of para-hydroxylation sites is 2. The maximum atomic E-state index is 5.42. The number of nitrogens with one attached hydrogen (secondary N) is 1. The van der Waals surface area contributed by atoms with Gasteiger partial charge < -0.3 is 14.8 Å². The molecule has 0 amide bonds. The molecule has 5 rings (SSSR count). The SMILES string of the molecule is c1ccc2c(c1)nc(Nc1ccc3c(c1)OCO3)c1cncn12. The first kappa shape index (κ1) is 12.3. The summed E-state index contributed by atoms with van der Waals surface area (Å²) in [5.74, 6) is 2.25. The van der Waals surface area contributed by atoms with Crippen molar-refractivity contribution in [3.63, 3.8) is 0 Å². The van der Waals surface area contributed by atoms with Gasteiger partial charge in [0.1, 0.15) is 5.52 Å². The number of ether oxygens (including phenoxy) is 2. The Morgan fingerprint density at radius 2 is 1.91 bits per heavy atom. The Kier molecular flexibility index (Phi) is 2.46. The van der Waals surface area contributed by atoms with E-state index in [-0.39, 0.29) is 6.79 Å². The van der Waals surface area contributed by atoms with Crippen molar-refractivity contribution in [1.29, 1.82) is 0 Å². The molecule has 0 saturated carbocycles. The van der Waals surface area contributed by atoms with Crippen molar-refractivity contribution >= 4 is 28.1 Å². The summed E-state index contributed by atoms with van der Waals surface area (Å²) >= 11 is 0. The van der Waals surface area contributed by atoms with Gasteiger partial charge in [0.15, 0.2) is 17.3 Å². The van der Waals surface area contributed by atoms with Gasteiger partial charge in [-0.05, 0) is 24.3 Å². The minimum atomic E-state index is 0.264. The normalized spacial score (nSPS) is 12.9. The van der Waals surface area contributed by atoms with E-state index in [2.05, 4.69) is 10.3 Å². The second-order valence-electron chi connectivity index (χ2n) is 5.29. The van der Waals surface area contributed by atoms with E-state index in [0.29, 0.717) is 0 Å². The Bertz CT molecular complexity index is 1040. The van der Waals surface area contributed by atoms with Gasteiger partial charge in [-0.2, -0.15) is 0 Å². The van der Waals surface area contributed by atoms with Crippen LogP contribution in [0.2, 0.25) is 0 Å². The molecule has 6 heteroatoms. The molecule has 0 unspecified atom stereocenters. The minimum absolute atomic E-state index is 0.264. The van der Waals surface area contributed by atoms with Gasteiger partial charge in [-0.15, -0.1) is 0 Å². The third-order valence-electron chi connectivity index (χ3n) is 3.89. The van der Waals surface area contributed by atoms with Crippen LogP contribution in [-0.2, 0) is 0 Å². The van der Waals surface area contributed by atoms with E-state index < -0.39 is 0 Å². The first-order chi connectivity index (χ1) is 11.4. The first-order valence-electron chi connectivity index (χ1n) is 7.26. The maximum absolute atomic E-state index is 5.42. The third kappa shape index (κ3) is 1.88. The summed E-state index contributed by atoms with van der Waals surface area (Å²) in [6.45, 7) is 0.264. The number of hydrogen-bond donors (Lipinski definition) is 1. The van der Waals surface area contributed by atoms with E-state index in [1.54, 1.807) is 12.5 Å². The number of rotatable bonds is 2. The molecule has 0 atom stereocenters. The number of nitrogens with zero attached hydrogens (tertiary/aromatic N) is 3. The summed E-state index contributed by atoms with van der Waals surface area (Å²) < 4.78 is 12.8. The van der Waals surface area contributed by atoms with Crippen LogP contribution in [0.5, 0.6) is 11.5 Å². The van der Waals surface area contributed by atoms with E-state index in [1.807, 2.05) is 46.9 Å². The number of hydrogen-bond acceptors (Lipinski definition) is 5. The van der Waals surface area contributed by atoms with Crippen molar-refractivity contribution in [2.75, 3.05) is 12.1 Å². The smallest absolute Gasteiger partial charge is 0.231 e. The van der Waals surface area contributed by atoms with Crippen molar-refractivity contribution < 1.29 is 9.47 Å². The Morgan fingerprint density at radius 1 is 1.00 bits per heavy atom. The number of anilines is 2. The van der Waals surface area contributed by atoms with Crippen LogP contribution in [0.25, 0.3) is 16.6 Å². The predicted molar refractivity (Wildman–Crippen MR) is 86.3 cm³/mol. The molecule has 23 heavy (non-hydrogen) atoms. The summed E-state index contributed by atoms with van der Waals surface area (Å²) in [7, 11) is 0. The van der Waals surface area contributed by atoms with E-state index in [0.717, 1.165) is 39.6 Å². The molecule has 3 heterocycles. The molecule has 2 aromatic carbocycles. The molecular formula is C17H12N4O2. The molecule has 2 aromatic heterocycles. The van der Waals surface area contributed by atoms with E-state index in [9.17, 15) is 0 Å². The van der Waals surface area contributed by atoms with E-state index in [1.165, 1.54) is 0 Å². The van der Waals surface area contributed by atoms with Crippen LogP contribution in [-0.4, -0.2) is 21.2 Å². The van der Waals surface area contributed by atoms with E-state index in [4.69, 9.17) is 14.5 Å². The highest BCUT2D eigenvalue weighted by molar-refractivity contribution is 5.85. The average Bonchev–Trinajstić information content (AvgIpc) is 3.24. The highest BCUT2D eigenvalue weighted by atomic mass is 16.7. The average molecular weight is 304 g/mol. The standard InChI is InChI=1S/C17H12N4O2/c1-2-4-13-12(3-1)20-17(14-8-18-9-21(13)14)19-11-5-6-15-16(7-11)23-10-22-15/h1-9H,10H2,(H,19,20). The lowest BCUT2D eigenvalue weighted by Crippen LogP contribution is -1.99. The van der Waals surface area contributed by atoms with Gasteiger partial charge in [0, 0.05) is 11.8 Å². The highest BCUT2D eigenvalue weighted by Crippen LogP contribution is 2.35. The fourth-order valence-electron chi connectivity index (χ4n) is 2.81. The van der Waals surface area contributed by atoms with Crippen molar-refractivity contribution in [2.45, 2.75) is 0 Å². The molecule has 0 bridgehead atoms. The predicted octanol–water partition coefficient (Wildman–Crippen LogP) is 3.35. The topological polar surface area (TPSA) is 60.7 Å². The second kappa shape index (κ2) is 4.61. The maximum Gasteiger partial charge on any atom is 0.231 e. The quantitative estimate of drug-likeness (QED) is 0.615. The summed E-state index contributed by atoms with van der Waals surface area (Å²) in [4.78, 5) is 8.97. The molecule has 1 aliphatic heterocycles. The fraction of sp³-hybridized carbons (Fsp3) is 0.0588. The molecule has 6 nitrogen and oxygen atoms in total. The van der Waals surface area contributed by atoms with Crippen LogP contribution in [0.3, 0.4) is 0 Å². The molecule has 0 radical (unpaired) electrons. The molecule has 0 saturated heterocycles. The summed E-state index contributed by atoms with van der Waals surface area (Å²) in [5.41, 5.74) is 3.74. The van der Waals surface area contributed by atoms with Crippen LogP contribution in [0.4, 0.5) is 11.5 Å².